The van der Waals surface area contributed by atoms with Crippen molar-refractivity contribution < 1.29 is 9.18 Å². The molecule has 0 atom stereocenters. The number of carbonyl (C=O) groups is 1. The van der Waals surface area contributed by atoms with Crippen LogP contribution in [0.15, 0.2) is 60.7 Å². The Labute approximate surface area is 172 Å². The molecule has 4 rings (SSSR count). The SMILES string of the molecule is C/C(=C\CCN1CCC2(CC1)C(=O)NCN2c1ccccc1)c1ccc(F)cc1. The van der Waals surface area contributed by atoms with Crippen molar-refractivity contribution in [3.8, 4) is 0 Å². The first kappa shape index (κ1) is 19.6. The summed E-state index contributed by atoms with van der Waals surface area (Å²) in [5.41, 5.74) is 2.92. The predicted molar refractivity (Wildman–Crippen MR) is 115 cm³/mol. The average Bonchev–Trinajstić information content (AvgIpc) is 3.06. The number of piperidine rings is 1. The van der Waals surface area contributed by atoms with Gasteiger partial charge in [0, 0.05) is 25.3 Å². The summed E-state index contributed by atoms with van der Waals surface area (Å²) in [6.07, 6.45) is 4.85. The summed E-state index contributed by atoms with van der Waals surface area (Å²) in [7, 11) is 0. The third kappa shape index (κ3) is 4.06. The lowest BCUT2D eigenvalue weighted by Gasteiger charge is -2.43. The number of carbonyl (C=O) groups excluding carboxylic acids is 1. The van der Waals surface area contributed by atoms with Crippen molar-refractivity contribution in [1.29, 1.82) is 0 Å². The van der Waals surface area contributed by atoms with Crippen LogP contribution in [0.3, 0.4) is 0 Å². The van der Waals surface area contributed by atoms with Gasteiger partial charge in [-0.05, 0) is 61.6 Å². The molecule has 1 amide bonds. The molecule has 0 radical (unpaired) electrons. The summed E-state index contributed by atoms with van der Waals surface area (Å²) in [6, 6.07) is 16.9. The molecule has 0 unspecified atom stereocenters. The normalized spacial score (nSPS) is 19.6. The van der Waals surface area contributed by atoms with Crippen LogP contribution in [-0.4, -0.2) is 42.6 Å². The topological polar surface area (TPSA) is 35.6 Å². The van der Waals surface area contributed by atoms with Crippen molar-refractivity contribution in [1.82, 2.24) is 10.2 Å². The summed E-state index contributed by atoms with van der Waals surface area (Å²) in [6.45, 7) is 5.46. The van der Waals surface area contributed by atoms with Gasteiger partial charge >= 0.3 is 0 Å². The van der Waals surface area contributed by atoms with E-state index in [0.29, 0.717) is 6.67 Å². The van der Waals surface area contributed by atoms with Gasteiger partial charge < -0.3 is 15.1 Å². The number of amides is 1. The number of hydrogen-bond donors (Lipinski definition) is 1. The first-order valence-electron chi connectivity index (χ1n) is 10.3. The number of nitrogens with zero attached hydrogens (tertiary/aromatic N) is 2. The van der Waals surface area contributed by atoms with E-state index >= 15 is 0 Å². The zero-order valence-electron chi connectivity index (χ0n) is 16.9. The Morgan fingerprint density at radius 2 is 1.79 bits per heavy atom. The minimum Gasteiger partial charge on any atom is -0.339 e. The number of nitrogens with one attached hydrogen (secondary N) is 1. The van der Waals surface area contributed by atoms with E-state index in [9.17, 15) is 9.18 Å². The Balaban J connectivity index is 1.34. The summed E-state index contributed by atoms with van der Waals surface area (Å²) in [5.74, 6) is -0.0441. The van der Waals surface area contributed by atoms with Crippen LogP contribution in [0, 0.1) is 5.82 Å². The molecule has 2 fully saturated rings. The first-order valence-corrected chi connectivity index (χ1v) is 10.3. The van der Waals surface area contributed by atoms with Crippen molar-refractivity contribution in [2.45, 2.75) is 31.7 Å². The standard InChI is InChI=1S/C24H28FN3O/c1-19(20-9-11-21(25)12-10-20)6-5-15-27-16-13-24(14-17-27)23(29)26-18-28(24)22-7-3-2-4-8-22/h2-4,6-12H,5,13-18H2,1H3,(H,26,29)/b19-6+. The van der Waals surface area contributed by atoms with Crippen molar-refractivity contribution in [2.24, 2.45) is 0 Å². The van der Waals surface area contributed by atoms with Gasteiger partial charge in [0.25, 0.3) is 0 Å². The maximum Gasteiger partial charge on any atom is 0.247 e. The number of benzene rings is 2. The van der Waals surface area contributed by atoms with Crippen molar-refractivity contribution in [2.75, 3.05) is 31.2 Å². The minimum atomic E-state index is -0.419. The summed E-state index contributed by atoms with van der Waals surface area (Å²) in [4.78, 5) is 17.4. The summed E-state index contributed by atoms with van der Waals surface area (Å²) in [5, 5.41) is 3.06. The van der Waals surface area contributed by atoms with Gasteiger partial charge in [0.15, 0.2) is 0 Å². The minimum absolute atomic E-state index is 0.160. The Morgan fingerprint density at radius 1 is 1.10 bits per heavy atom. The zero-order chi connectivity index (χ0) is 20.3. The lowest BCUT2D eigenvalue weighted by atomic mass is 9.85. The molecule has 152 valence electrons. The van der Waals surface area contributed by atoms with Gasteiger partial charge in [-0.3, -0.25) is 4.79 Å². The molecule has 1 N–H and O–H groups in total. The average molecular weight is 394 g/mol. The molecule has 0 saturated carbocycles. The van der Waals surface area contributed by atoms with Gasteiger partial charge in [-0.1, -0.05) is 36.4 Å². The number of anilines is 1. The van der Waals surface area contributed by atoms with E-state index in [-0.39, 0.29) is 11.7 Å². The highest BCUT2D eigenvalue weighted by Gasteiger charge is 2.50. The van der Waals surface area contributed by atoms with Crippen LogP contribution in [0.25, 0.3) is 5.57 Å². The molecule has 2 heterocycles. The van der Waals surface area contributed by atoms with Crippen LogP contribution < -0.4 is 10.2 Å². The molecule has 2 aromatic rings. The van der Waals surface area contributed by atoms with Crippen LogP contribution in [0.2, 0.25) is 0 Å². The maximum absolute atomic E-state index is 13.1. The van der Waals surface area contributed by atoms with Crippen molar-refractivity contribution >= 4 is 17.2 Å². The number of likely N-dealkylation sites (tertiary alicyclic amines) is 1. The second kappa shape index (κ2) is 8.37. The van der Waals surface area contributed by atoms with Gasteiger partial charge in [0.05, 0.1) is 6.67 Å². The lowest BCUT2D eigenvalue weighted by molar-refractivity contribution is -0.125. The highest BCUT2D eigenvalue weighted by atomic mass is 19.1. The zero-order valence-corrected chi connectivity index (χ0v) is 16.9. The fraction of sp³-hybridized carbons (Fsp3) is 0.375. The van der Waals surface area contributed by atoms with E-state index in [2.05, 4.69) is 40.2 Å². The highest BCUT2D eigenvalue weighted by molar-refractivity contribution is 5.93. The molecular weight excluding hydrogens is 365 g/mol. The third-order valence-electron chi connectivity index (χ3n) is 6.28. The van der Waals surface area contributed by atoms with E-state index in [1.54, 1.807) is 0 Å². The maximum atomic E-state index is 13.1. The number of halogens is 1. The van der Waals surface area contributed by atoms with E-state index in [1.807, 2.05) is 30.3 Å². The molecule has 1 spiro atoms. The third-order valence-corrected chi connectivity index (χ3v) is 6.28. The summed E-state index contributed by atoms with van der Waals surface area (Å²) < 4.78 is 13.1. The summed E-state index contributed by atoms with van der Waals surface area (Å²) >= 11 is 0. The molecular formula is C24H28FN3O. The first-order chi connectivity index (χ1) is 14.1. The second-order valence-electron chi connectivity index (χ2n) is 7.98. The van der Waals surface area contributed by atoms with Gasteiger partial charge in [-0.2, -0.15) is 0 Å². The van der Waals surface area contributed by atoms with Crippen LogP contribution in [-0.2, 0) is 4.79 Å². The Morgan fingerprint density at radius 3 is 2.48 bits per heavy atom. The van der Waals surface area contributed by atoms with Crippen LogP contribution in [0.5, 0.6) is 0 Å². The van der Waals surface area contributed by atoms with Crippen LogP contribution in [0.1, 0.15) is 31.7 Å². The molecule has 2 aliphatic heterocycles. The molecule has 0 aliphatic carbocycles. The van der Waals surface area contributed by atoms with Crippen LogP contribution in [0.4, 0.5) is 10.1 Å². The Hall–Kier alpha value is -2.66. The van der Waals surface area contributed by atoms with Crippen LogP contribution >= 0.6 is 0 Å². The van der Waals surface area contributed by atoms with E-state index < -0.39 is 5.54 Å². The largest absolute Gasteiger partial charge is 0.339 e. The number of hydrogen-bond acceptors (Lipinski definition) is 3. The molecule has 5 heteroatoms. The lowest BCUT2D eigenvalue weighted by Crippen LogP contribution is -2.56. The highest BCUT2D eigenvalue weighted by Crippen LogP contribution is 2.36. The molecule has 4 nitrogen and oxygen atoms in total. The molecule has 29 heavy (non-hydrogen) atoms. The fourth-order valence-corrected chi connectivity index (χ4v) is 4.47. The van der Waals surface area contributed by atoms with Crippen molar-refractivity contribution in [3.63, 3.8) is 0 Å². The predicted octanol–water partition coefficient (Wildman–Crippen LogP) is 4.05. The number of rotatable bonds is 5. The molecule has 2 aromatic carbocycles. The van der Waals surface area contributed by atoms with Gasteiger partial charge in [0.2, 0.25) is 5.91 Å². The smallest absolute Gasteiger partial charge is 0.247 e. The van der Waals surface area contributed by atoms with E-state index in [1.165, 1.54) is 17.7 Å². The number of allylic oxidation sites excluding steroid dienone is 1. The molecule has 0 bridgehead atoms. The fourth-order valence-electron chi connectivity index (χ4n) is 4.47. The Kier molecular flexibility index (Phi) is 5.67. The van der Waals surface area contributed by atoms with E-state index in [4.69, 9.17) is 0 Å². The van der Waals surface area contributed by atoms with Gasteiger partial charge in [-0.15, -0.1) is 0 Å². The Bertz CT molecular complexity index is 871. The van der Waals surface area contributed by atoms with Gasteiger partial charge in [-0.25, -0.2) is 4.39 Å². The molecule has 2 aliphatic rings. The molecule has 0 aromatic heterocycles. The monoisotopic (exact) mass is 393 g/mol. The molecule has 2 saturated heterocycles. The van der Waals surface area contributed by atoms with Crippen molar-refractivity contribution in [3.05, 3.63) is 72.1 Å². The second-order valence-corrected chi connectivity index (χ2v) is 7.98. The van der Waals surface area contributed by atoms with E-state index in [0.717, 1.165) is 50.1 Å². The quantitative estimate of drug-likeness (QED) is 0.833. The van der Waals surface area contributed by atoms with Gasteiger partial charge in [0.1, 0.15) is 11.4 Å². The number of para-hydroxylation sites is 1.